The third-order valence-electron chi connectivity index (χ3n) is 3.64. The Balaban J connectivity index is 2.09. The van der Waals surface area contributed by atoms with Crippen LogP contribution in [0, 0.1) is 5.82 Å². The fraction of sp³-hybridized carbons (Fsp3) is 0.353. The topological polar surface area (TPSA) is 79.3 Å². The van der Waals surface area contributed by atoms with Crippen molar-refractivity contribution in [3.05, 3.63) is 51.7 Å². The Labute approximate surface area is 143 Å². The fourth-order valence-corrected chi connectivity index (χ4v) is 3.16. The first kappa shape index (κ1) is 18.1. The highest BCUT2D eigenvalue weighted by atomic mass is 32.1. The summed E-state index contributed by atoms with van der Waals surface area (Å²) in [4.78, 5) is 27.9. The van der Waals surface area contributed by atoms with E-state index < -0.39 is 17.4 Å². The van der Waals surface area contributed by atoms with Crippen LogP contribution in [-0.4, -0.2) is 27.5 Å². The van der Waals surface area contributed by atoms with Gasteiger partial charge in [-0.2, -0.15) is 0 Å². The average molecular weight is 350 g/mol. The van der Waals surface area contributed by atoms with Crippen molar-refractivity contribution >= 4 is 23.2 Å². The number of benzene rings is 1. The van der Waals surface area contributed by atoms with E-state index in [1.54, 1.807) is 17.5 Å². The molecule has 1 aromatic carbocycles. The fourth-order valence-electron chi connectivity index (χ4n) is 2.36. The number of hydrogen-bond donors (Lipinski definition) is 2. The van der Waals surface area contributed by atoms with Crippen LogP contribution in [0.5, 0.6) is 0 Å². The van der Waals surface area contributed by atoms with Gasteiger partial charge in [-0.05, 0) is 31.0 Å². The molecule has 5 nitrogen and oxygen atoms in total. The summed E-state index contributed by atoms with van der Waals surface area (Å²) in [6, 6.07) is 6.19. The van der Waals surface area contributed by atoms with Gasteiger partial charge in [-0.3, -0.25) is 4.79 Å². The summed E-state index contributed by atoms with van der Waals surface area (Å²) >= 11 is 1.28. The molecule has 1 heterocycles. The SMILES string of the molecule is CCCC(C)(NC(=O)c1csc(Cc2cccc(F)c2)n1)C(=O)O. The lowest BCUT2D eigenvalue weighted by Gasteiger charge is -2.25. The predicted octanol–water partition coefficient (Wildman–Crippen LogP) is 3.25. The van der Waals surface area contributed by atoms with Crippen LogP contribution in [0.15, 0.2) is 29.6 Å². The third kappa shape index (κ3) is 4.38. The zero-order valence-electron chi connectivity index (χ0n) is 13.5. The lowest BCUT2D eigenvalue weighted by atomic mass is 9.96. The Hall–Kier alpha value is -2.28. The van der Waals surface area contributed by atoms with Crippen LogP contribution in [0.3, 0.4) is 0 Å². The Morgan fingerprint density at radius 3 is 2.79 bits per heavy atom. The number of carboxylic acids is 1. The summed E-state index contributed by atoms with van der Waals surface area (Å²) in [5.74, 6) is -1.91. The molecule has 0 aliphatic rings. The molecule has 0 aliphatic heterocycles. The molecule has 1 atom stereocenters. The monoisotopic (exact) mass is 350 g/mol. The number of aromatic nitrogens is 1. The molecule has 2 rings (SSSR count). The summed E-state index contributed by atoms with van der Waals surface area (Å²) < 4.78 is 13.2. The first-order chi connectivity index (χ1) is 11.3. The zero-order chi connectivity index (χ0) is 17.7. The van der Waals surface area contributed by atoms with Gasteiger partial charge in [0.05, 0.1) is 5.01 Å². The Kier molecular flexibility index (Phi) is 5.66. The van der Waals surface area contributed by atoms with Gasteiger partial charge in [0.25, 0.3) is 5.91 Å². The molecule has 2 aromatic rings. The van der Waals surface area contributed by atoms with Gasteiger partial charge >= 0.3 is 5.97 Å². The summed E-state index contributed by atoms with van der Waals surface area (Å²) in [6.07, 6.45) is 1.38. The summed E-state index contributed by atoms with van der Waals surface area (Å²) in [5.41, 5.74) is -0.384. The number of hydrogen-bond acceptors (Lipinski definition) is 4. The van der Waals surface area contributed by atoms with Crippen molar-refractivity contribution in [1.29, 1.82) is 0 Å². The van der Waals surface area contributed by atoms with Crippen LogP contribution >= 0.6 is 11.3 Å². The maximum atomic E-state index is 13.2. The quantitative estimate of drug-likeness (QED) is 0.803. The molecule has 0 bridgehead atoms. The van der Waals surface area contributed by atoms with E-state index in [-0.39, 0.29) is 11.5 Å². The van der Waals surface area contributed by atoms with E-state index in [1.807, 2.05) is 6.92 Å². The number of nitrogens with one attached hydrogen (secondary N) is 1. The zero-order valence-corrected chi connectivity index (χ0v) is 14.3. The van der Waals surface area contributed by atoms with Crippen LogP contribution in [0.4, 0.5) is 4.39 Å². The van der Waals surface area contributed by atoms with Crippen LogP contribution in [0.25, 0.3) is 0 Å². The maximum absolute atomic E-state index is 13.2. The standard InChI is InChI=1S/C17H19FN2O3S/c1-3-7-17(2,16(22)23)20-15(21)13-10-24-14(19-13)9-11-5-4-6-12(18)8-11/h4-6,8,10H,3,7,9H2,1-2H3,(H,20,21)(H,22,23). The van der Waals surface area contributed by atoms with E-state index in [2.05, 4.69) is 10.3 Å². The van der Waals surface area contributed by atoms with Gasteiger partial charge in [-0.25, -0.2) is 14.2 Å². The normalized spacial score (nSPS) is 13.3. The molecule has 2 N–H and O–H groups in total. The molecule has 0 aliphatic carbocycles. The van der Waals surface area contributed by atoms with Crippen molar-refractivity contribution in [3.63, 3.8) is 0 Å². The first-order valence-electron chi connectivity index (χ1n) is 7.59. The third-order valence-corrected chi connectivity index (χ3v) is 4.49. The summed E-state index contributed by atoms with van der Waals surface area (Å²) in [7, 11) is 0. The number of amides is 1. The lowest BCUT2D eigenvalue weighted by molar-refractivity contribution is -0.144. The molecule has 0 fully saturated rings. The molecule has 1 unspecified atom stereocenters. The van der Waals surface area contributed by atoms with Gasteiger partial charge in [-0.1, -0.05) is 25.5 Å². The Bertz CT molecular complexity index is 747. The van der Waals surface area contributed by atoms with Gasteiger partial charge in [0.1, 0.15) is 17.1 Å². The van der Waals surface area contributed by atoms with Crippen molar-refractivity contribution in [2.75, 3.05) is 0 Å². The molecule has 1 amide bonds. The molecule has 24 heavy (non-hydrogen) atoms. The van der Waals surface area contributed by atoms with Gasteiger partial charge < -0.3 is 10.4 Å². The van der Waals surface area contributed by atoms with Crippen LogP contribution < -0.4 is 5.32 Å². The minimum atomic E-state index is -1.32. The van der Waals surface area contributed by atoms with E-state index >= 15 is 0 Å². The molecule has 0 radical (unpaired) electrons. The van der Waals surface area contributed by atoms with Crippen molar-refractivity contribution in [1.82, 2.24) is 10.3 Å². The number of thiazole rings is 1. The highest BCUT2D eigenvalue weighted by molar-refractivity contribution is 7.09. The van der Waals surface area contributed by atoms with Crippen LogP contribution in [0.1, 0.15) is 47.7 Å². The van der Waals surface area contributed by atoms with Crippen molar-refractivity contribution < 1.29 is 19.1 Å². The van der Waals surface area contributed by atoms with E-state index in [1.165, 1.54) is 30.4 Å². The second kappa shape index (κ2) is 7.53. The van der Waals surface area contributed by atoms with E-state index in [4.69, 9.17) is 0 Å². The summed E-state index contributed by atoms with van der Waals surface area (Å²) in [5, 5.41) is 14.1. The number of carboxylic acid groups (broad SMARTS) is 1. The largest absolute Gasteiger partial charge is 0.480 e. The maximum Gasteiger partial charge on any atom is 0.329 e. The number of carbonyl (C=O) groups excluding carboxylic acids is 1. The number of rotatable bonds is 7. The van der Waals surface area contributed by atoms with Crippen molar-refractivity contribution in [2.24, 2.45) is 0 Å². The van der Waals surface area contributed by atoms with Gasteiger partial charge in [0.15, 0.2) is 0 Å². The average Bonchev–Trinajstić information content (AvgIpc) is 2.96. The molecule has 1 aromatic heterocycles. The molecular weight excluding hydrogens is 331 g/mol. The second-order valence-corrected chi connectivity index (χ2v) is 6.72. The minimum absolute atomic E-state index is 0.176. The molecule has 128 valence electrons. The van der Waals surface area contributed by atoms with Crippen LogP contribution in [-0.2, 0) is 11.2 Å². The molecule has 0 saturated carbocycles. The number of nitrogens with zero attached hydrogens (tertiary/aromatic N) is 1. The number of aliphatic carboxylic acids is 1. The van der Waals surface area contributed by atoms with Gasteiger partial charge in [0, 0.05) is 11.8 Å². The molecule has 7 heteroatoms. The smallest absolute Gasteiger partial charge is 0.329 e. The van der Waals surface area contributed by atoms with Crippen molar-refractivity contribution in [2.45, 2.75) is 38.6 Å². The second-order valence-electron chi connectivity index (χ2n) is 5.77. The Morgan fingerprint density at radius 2 is 2.17 bits per heavy atom. The number of halogens is 1. The Morgan fingerprint density at radius 1 is 1.42 bits per heavy atom. The van der Waals surface area contributed by atoms with E-state index in [0.717, 1.165) is 5.56 Å². The molecule has 0 spiro atoms. The van der Waals surface area contributed by atoms with E-state index in [9.17, 15) is 19.1 Å². The predicted molar refractivity (Wildman–Crippen MR) is 89.7 cm³/mol. The first-order valence-corrected chi connectivity index (χ1v) is 8.47. The van der Waals surface area contributed by atoms with E-state index in [0.29, 0.717) is 24.3 Å². The van der Waals surface area contributed by atoms with Gasteiger partial charge in [0.2, 0.25) is 0 Å². The molecular formula is C17H19FN2O3S. The lowest BCUT2D eigenvalue weighted by Crippen LogP contribution is -2.52. The minimum Gasteiger partial charge on any atom is -0.480 e. The highest BCUT2D eigenvalue weighted by Gasteiger charge is 2.34. The number of carbonyl (C=O) groups is 2. The van der Waals surface area contributed by atoms with Crippen LogP contribution in [0.2, 0.25) is 0 Å². The molecule has 0 saturated heterocycles. The highest BCUT2D eigenvalue weighted by Crippen LogP contribution is 2.18. The summed E-state index contributed by atoms with van der Waals surface area (Å²) in [6.45, 7) is 3.34. The van der Waals surface area contributed by atoms with Gasteiger partial charge in [-0.15, -0.1) is 11.3 Å². The van der Waals surface area contributed by atoms with Crippen molar-refractivity contribution in [3.8, 4) is 0 Å².